The lowest BCUT2D eigenvalue weighted by molar-refractivity contribution is 0.259. The van der Waals surface area contributed by atoms with E-state index in [1.165, 1.54) is 0 Å². The Hall–Kier alpha value is -1.77. The van der Waals surface area contributed by atoms with Gasteiger partial charge in [-0.05, 0) is 12.1 Å². The van der Waals surface area contributed by atoms with Crippen LogP contribution in [0.2, 0.25) is 0 Å². The van der Waals surface area contributed by atoms with Crippen molar-refractivity contribution in [3.05, 3.63) is 35.9 Å². The van der Waals surface area contributed by atoms with E-state index in [9.17, 15) is 0 Å². The van der Waals surface area contributed by atoms with Gasteiger partial charge in [-0.1, -0.05) is 30.0 Å². The molecule has 2 nitrogen and oxygen atoms in total. The van der Waals surface area contributed by atoms with Crippen LogP contribution in [-0.2, 0) is 0 Å². The average Bonchev–Trinajstić information content (AvgIpc) is 2.25. The normalized spacial score (nSPS) is 10.9. The Labute approximate surface area is 83.8 Å². The first-order chi connectivity index (χ1) is 6.86. The molecule has 0 saturated carbocycles. The molecule has 1 rings (SSSR count). The molecule has 0 aromatic heterocycles. The van der Waals surface area contributed by atoms with Gasteiger partial charge in [0.05, 0.1) is 25.0 Å². The fraction of sp³-hybridized carbons (Fsp3) is 0.250. The van der Waals surface area contributed by atoms with Crippen LogP contribution in [0.4, 0.5) is 0 Å². The molecule has 0 fully saturated rings. The molecule has 0 spiro atoms. The Balaban J connectivity index is 2.67. The molecular formula is C12H11NO. The molecule has 0 saturated heterocycles. The summed E-state index contributed by atoms with van der Waals surface area (Å²) in [6, 6.07) is 11.5. The van der Waals surface area contributed by atoms with Crippen LogP contribution in [0.3, 0.4) is 0 Å². The number of nitriles is 1. The van der Waals surface area contributed by atoms with E-state index in [2.05, 4.69) is 11.8 Å². The largest absolute Gasteiger partial charge is 0.395 e. The highest BCUT2D eigenvalue weighted by Gasteiger charge is 2.00. The third kappa shape index (κ3) is 3.31. The van der Waals surface area contributed by atoms with E-state index in [0.29, 0.717) is 0 Å². The molecule has 2 heteroatoms. The minimum Gasteiger partial charge on any atom is -0.395 e. The van der Waals surface area contributed by atoms with Gasteiger partial charge in [0.2, 0.25) is 0 Å². The van der Waals surface area contributed by atoms with Gasteiger partial charge in [0.1, 0.15) is 0 Å². The average molecular weight is 185 g/mol. The molecule has 1 unspecified atom stereocenters. The van der Waals surface area contributed by atoms with Gasteiger partial charge in [0, 0.05) is 5.56 Å². The van der Waals surface area contributed by atoms with Gasteiger partial charge in [-0.2, -0.15) is 5.26 Å². The molecule has 0 aliphatic rings. The summed E-state index contributed by atoms with van der Waals surface area (Å²) in [4.78, 5) is 0. The number of benzene rings is 1. The van der Waals surface area contributed by atoms with E-state index >= 15 is 0 Å². The summed E-state index contributed by atoms with van der Waals surface area (Å²) in [5, 5.41) is 17.3. The molecule has 0 radical (unpaired) electrons. The topological polar surface area (TPSA) is 44.0 Å². The first kappa shape index (κ1) is 10.3. The van der Waals surface area contributed by atoms with Crippen LogP contribution < -0.4 is 0 Å². The van der Waals surface area contributed by atoms with E-state index in [0.717, 1.165) is 5.56 Å². The Morgan fingerprint density at radius 3 is 2.57 bits per heavy atom. The summed E-state index contributed by atoms with van der Waals surface area (Å²) in [5.74, 6) is 5.55. The lowest BCUT2D eigenvalue weighted by Gasteiger charge is -1.98. The molecule has 0 amide bonds. The van der Waals surface area contributed by atoms with Crippen molar-refractivity contribution in [2.75, 3.05) is 6.61 Å². The number of hydrogen-bond donors (Lipinski definition) is 1. The molecule has 0 aliphatic carbocycles. The first-order valence-corrected chi connectivity index (χ1v) is 4.41. The zero-order chi connectivity index (χ0) is 10.2. The molecule has 1 N–H and O–H groups in total. The fourth-order valence-corrected chi connectivity index (χ4v) is 0.978. The number of hydrogen-bond acceptors (Lipinski definition) is 2. The van der Waals surface area contributed by atoms with Gasteiger partial charge in [-0.25, -0.2) is 0 Å². The highest BCUT2D eigenvalue weighted by Crippen LogP contribution is 2.00. The summed E-state index contributed by atoms with van der Waals surface area (Å²) in [6.45, 7) is -0.0621. The van der Waals surface area contributed by atoms with E-state index in [1.807, 2.05) is 36.4 Å². The second-order valence-corrected chi connectivity index (χ2v) is 2.88. The Morgan fingerprint density at radius 1 is 1.29 bits per heavy atom. The van der Waals surface area contributed by atoms with Crippen molar-refractivity contribution < 1.29 is 5.11 Å². The summed E-state index contributed by atoms with van der Waals surface area (Å²) >= 11 is 0. The van der Waals surface area contributed by atoms with E-state index < -0.39 is 0 Å². The van der Waals surface area contributed by atoms with Crippen LogP contribution in [0.1, 0.15) is 12.0 Å². The maximum atomic E-state index is 8.88. The van der Waals surface area contributed by atoms with Gasteiger partial charge in [0.15, 0.2) is 0 Å². The van der Waals surface area contributed by atoms with E-state index in [-0.39, 0.29) is 18.9 Å². The van der Waals surface area contributed by atoms with Crippen molar-refractivity contribution in [3.8, 4) is 17.9 Å². The molecule has 70 valence electrons. The number of nitrogens with zero attached hydrogens (tertiary/aromatic N) is 1. The summed E-state index contributed by atoms with van der Waals surface area (Å²) in [7, 11) is 0. The minimum absolute atomic E-state index is 0.0621. The zero-order valence-electron chi connectivity index (χ0n) is 7.77. The molecular weight excluding hydrogens is 174 g/mol. The van der Waals surface area contributed by atoms with E-state index in [1.54, 1.807) is 0 Å². The van der Waals surface area contributed by atoms with Crippen LogP contribution in [0.25, 0.3) is 0 Å². The van der Waals surface area contributed by atoms with Crippen molar-refractivity contribution in [2.45, 2.75) is 6.42 Å². The zero-order valence-corrected chi connectivity index (χ0v) is 7.77. The van der Waals surface area contributed by atoms with Crippen molar-refractivity contribution in [2.24, 2.45) is 5.92 Å². The van der Waals surface area contributed by atoms with Gasteiger partial charge in [-0.15, -0.1) is 0 Å². The van der Waals surface area contributed by atoms with Crippen molar-refractivity contribution in [1.82, 2.24) is 0 Å². The second-order valence-electron chi connectivity index (χ2n) is 2.88. The van der Waals surface area contributed by atoms with Crippen LogP contribution in [0.5, 0.6) is 0 Å². The predicted octanol–water partition coefficient (Wildman–Crippen LogP) is 1.56. The quantitative estimate of drug-likeness (QED) is 0.710. The van der Waals surface area contributed by atoms with Crippen molar-refractivity contribution >= 4 is 0 Å². The lowest BCUT2D eigenvalue weighted by atomic mass is 10.1. The Kier molecular flexibility index (Phi) is 4.27. The van der Waals surface area contributed by atoms with Gasteiger partial charge in [0.25, 0.3) is 0 Å². The standard InChI is InChI=1S/C12H11NO/c13-9-8-12(10-14)7-6-11-4-2-1-3-5-11/h1-5,12,14H,8,10H2. The third-order valence-electron chi connectivity index (χ3n) is 1.75. The summed E-state index contributed by atoms with van der Waals surface area (Å²) in [5.41, 5.74) is 0.906. The molecule has 14 heavy (non-hydrogen) atoms. The first-order valence-electron chi connectivity index (χ1n) is 4.41. The van der Waals surface area contributed by atoms with Crippen molar-refractivity contribution in [1.29, 1.82) is 5.26 Å². The maximum absolute atomic E-state index is 8.88. The minimum atomic E-state index is -0.236. The molecule has 0 bridgehead atoms. The third-order valence-corrected chi connectivity index (χ3v) is 1.75. The second kappa shape index (κ2) is 5.80. The van der Waals surface area contributed by atoms with Crippen molar-refractivity contribution in [3.63, 3.8) is 0 Å². The molecule has 0 aliphatic heterocycles. The maximum Gasteiger partial charge on any atom is 0.0635 e. The number of rotatable bonds is 2. The van der Waals surface area contributed by atoms with E-state index in [4.69, 9.17) is 10.4 Å². The SMILES string of the molecule is N#CCC(C#Cc1ccccc1)CO. The molecule has 1 aromatic rings. The monoisotopic (exact) mass is 185 g/mol. The Morgan fingerprint density at radius 2 is 2.00 bits per heavy atom. The lowest BCUT2D eigenvalue weighted by Crippen LogP contribution is -2.01. The number of aliphatic hydroxyl groups excluding tert-OH is 1. The summed E-state index contributed by atoms with van der Waals surface area (Å²) < 4.78 is 0. The fourth-order valence-electron chi connectivity index (χ4n) is 0.978. The van der Waals surface area contributed by atoms with Gasteiger partial charge < -0.3 is 5.11 Å². The molecule has 1 aromatic carbocycles. The predicted molar refractivity (Wildman–Crippen MR) is 54.1 cm³/mol. The Bertz CT molecular complexity index is 367. The van der Waals surface area contributed by atoms with Crippen LogP contribution in [-0.4, -0.2) is 11.7 Å². The highest BCUT2D eigenvalue weighted by molar-refractivity contribution is 5.34. The van der Waals surface area contributed by atoms with Crippen LogP contribution >= 0.6 is 0 Å². The van der Waals surface area contributed by atoms with Crippen LogP contribution in [0.15, 0.2) is 30.3 Å². The van der Waals surface area contributed by atoms with Gasteiger partial charge >= 0.3 is 0 Å². The smallest absolute Gasteiger partial charge is 0.0635 e. The number of aliphatic hydroxyl groups is 1. The highest BCUT2D eigenvalue weighted by atomic mass is 16.3. The van der Waals surface area contributed by atoms with Gasteiger partial charge in [-0.3, -0.25) is 0 Å². The summed E-state index contributed by atoms with van der Waals surface area (Å²) in [6.07, 6.45) is 0.274. The molecule has 0 heterocycles. The van der Waals surface area contributed by atoms with Crippen LogP contribution in [0, 0.1) is 29.1 Å². The molecule has 1 atom stereocenters.